The average Bonchev–Trinajstić information content (AvgIpc) is 2.10. The summed E-state index contributed by atoms with van der Waals surface area (Å²) in [6, 6.07) is 3.80. The van der Waals surface area contributed by atoms with Gasteiger partial charge in [-0.2, -0.15) is 0 Å². The summed E-state index contributed by atoms with van der Waals surface area (Å²) in [6.45, 7) is 2.01. The topological polar surface area (TPSA) is 46.2 Å². The van der Waals surface area contributed by atoms with E-state index in [2.05, 4.69) is 45.2 Å². The maximum Gasteiger partial charge on any atom is 0.133 e. The highest BCUT2D eigenvalue weighted by molar-refractivity contribution is 14.1. The molecular weight excluding hydrogens is 392 g/mol. The van der Waals surface area contributed by atoms with Gasteiger partial charge in [-0.05, 0) is 63.7 Å². The number of phenols is 1. The molecule has 72 valence electrons. The van der Waals surface area contributed by atoms with Crippen LogP contribution in [-0.4, -0.2) is 5.11 Å². The van der Waals surface area contributed by atoms with Crippen molar-refractivity contribution < 1.29 is 5.11 Å². The molecule has 0 aliphatic carbocycles. The molecule has 4 heteroatoms. The normalized spacial score (nSPS) is 12.9. The third-order valence-electron chi connectivity index (χ3n) is 1.90. The van der Waals surface area contributed by atoms with Crippen molar-refractivity contribution in [3.63, 3.8) is 0 Å². The first-order chi connectivity index (χ1) is 6.06. The van der Waals surface area contributed by atoms with Crippen LogP contribution in [0.3, 0.4) is 0 Å². The standard InChI is InChI=1S/C9H11I2NO/c1-2-8(12)6-3-5(10)4-7(11)9(6)13/h3-4,8,13H,2,12H2,1H3/t8-/m0/s1. The fourth-order valence-corrected chi connectivity index (χ4v) is 2.98. The highest BCUT2D eigenvalue weighted by Gasteiger charge is 2.12. The largest absolute Gasteiger partial charge is 0.506 e. The number of nitrogens with two attached hydrogens (primary N) is 1. The van der Waals surface area contributed by atoms with Crippen molar-refractivity contribution in [1.82, 2.24) is 0 Å². The van der Waals surface area contributed by atoms with E-state index in [-0.39, 0.29) is 6.04 Å². The molecule has 1 aromatic carbocycles. The van der Waals surface area contributed by atoms with Gasteiger partial charge >= 0.3 is 0 Å². The van der Waals surface area contributed by atoms with Crippen LogP contribution in [0.25, 0.3) is 0 Å². The van der Waals surface area contributed by atoms with E-state index in [0.29, 0.717) is 5.75 Å². The first-order valence-electron chi connectivity index (χ1n) is 3.99. The predicted octanol–water partition coefficient (Wildman–Crippen LogP) is 3.01. The summed E-state index contributed by atoms with van der Waals surface area (Å²) < 4.78 is 1.97. The second-order valence-corrected chi connectivity index (χ2v) is 5.25. The van der Waals surface area contributed by atoms with Gasteiger partial charge in [-0.3, -0.25) is 0 Å². The lowest BCUT2D eigenvalue weighted by Crippen LogP contribution is -2.09. The summed E-state index contributed by atoms with van der Waals surface area (Å²) in [6.07, 6.45) is 0.837. The van der Waals surface area contributed by atoms with E-state index >= 15 is 0 Å². The number of benzene rings is 1. The Morgan fingerprint density at radius 1 is 1.46 bits per heavy atom. The number of hydrogen-bond acceptors (Lipinski definition) is 2. The van der Waals surface area contributed by atoms with Gasteiger partial charge in [-0.25, -0.2) is 0 Å². The maximum atomic E-state index is 9.73. The molecule has 0 saturated carbocycles. The number of phenolic OH excluding ortho intramolecular Hbond substituents is 1. The average molecular weight is 403 g/mol. The van der Waals surface area contributed by atoms with Gasteiger partial charge in [-0.15, -0.1) is 0 Å². The SMILES string of the molecule is CC[C@H](N)c1cc(I)cc(I)c1O. The van der Waals surface area contributed by atoms with E-state index in [0.717, 1.165) is 19.1 Å². The van der Waals surface area contributed by atoms with E-state index in [4.69, 9.17) is 5.73 Å². The minimum Gasteiger partial charge on any atom is -0.506 e. The monoisotopic (exact) mass is 403 g/mol. The van der Waals surface area contributed by atoms with Crippen molar-refractivity contribution in [3.05, 3.63) is 24.8 Å². The lowest BCUT2D eigenvalue weighted by molar-refractivity contribution is 0.456. The van der Waals surface area contributed by atoms with Crippen LogP contribution < -0.4 is 5.73 Å². The van der Waals surface area contributed by atoms with Gasteiger partial charge in [0.05, 0.1) is 3.57 Å². The van der Waals surface area contributed by atoms with Gasteiger partial charge in [-0.1, -0.05) is 6.92 Å². The Kier molecular flexibility index (Phi) is 4.24. The van der Waals surface area contributed by atoms with Crippen LogP contribution in [0.1, 0.15) is 24.9 Å². The lowest BCUT2D eigenvalue weighted by atomic mass is 10.0. The number of hydrogen-bond donors (Lipinski definition) is 2. The van der Waals surface area contributed by atoms with Crippen molar-refractivity contribution >= 4 is 45.2 Å². The molecule has 0 unspecified atom stereocenters. The van der Waals surface area contributed by atoms with Crippen LogP contribution in [-0.2, 0) is 0 Å². The van der Waals surface area contributed by atoms with Gasteiger partial charge in [0.1, 0.15) is 5.75 Å². The molecule has 13 heavy (non-hydrogen) atoms. The smallest absolute Gasteiger partial charge is 0.133 e. The van der Waals surface area contributed by atoms with Crippen LogP contribution in [0.15, 0.2) is 12.1 Å². The molecule has 0 aromatic heterocycles. The zero-order chi connectivity index (χ0) is 10.0. The fraction of sp³-hybridized carbons (Fsp3) is 0.333. The number of rotatable bonds is 2. The summed E-state index contributed by atoms with van der Waals surface area (Å²) >= 11 is 4.34. The molecule has 2 nitrogen and oxygen atoms in total. The van der Waals surface area contributed by atoms with Crippen molar-refractivity contribution in [2.45, 2.75) is 19.4 Å². The summed E-state index contributed by atoms with van der Waals surface area (Å²) in [5.41, 5.74) is 6.71. The molecule has 1 aromatic rings. The van der Waals surface area contributed by atoms with Crippen LogP contribution in [0.5, 0.6) is 5.75 Å². The third kappa shape index (κ3) is 2.69. The Morgan fingerprint density at radius 2 is 2.08 bits per heavy atom. The van der Waals surface area contributed by atoms with Crippen molar-refractivity contribution in [2.75, 3.05) is 0 Å². The van der Waals surface area contributed by atoms with Crippen LogP contribution in [0, 0.1) is 7.14 Å². The molecule has 0 radical (unpaired) electrons. The Hall–Kier alpha value is 0.440. The first-order valence-corrected chi connectivity index (χ1v) is 6.15. The zero-order valence-corrected chi connectivity index (χ0v) is 11.5. The van der Waals surface area contributed by atoms with Crippen molar-refractivity contribution in [1.29, 1.82) is 0 Å². The number of aromatic hydroxyl groups is 1. The van der Waals surface area contributed by atoms with E-state index in [1.54, 1.807) is 0 Å². The second-order valence-electron chi connectivity index (χ2n) is 2.84. The lowest BCUT2D eigenvalue weighted by Gasteiger charge is -2.12. The van der Waals surface area contributed by atoms with E-state index in [9.17, 15) is 5.11 Å². The molecule has 0 aliphatic rings. The van der Waals surface area contributed by atoms with E-state index in [1.807, 2.05) is 19.1 Å². The summed E-state index contributed by atoms with van der Waals surface area (Å²) in [5, 5.41) is 9.73. The molecule has 1 atom stereocenters. The maximum absolute atomic E-state index is 9.73. The molecule has 0 amide bonds. The number of halogens is 2. The highest BCUT2D eigenvalue weighted by atomic mass is 127. The summed E-state index contributed by atoms with van der Waals surface area (Å²) in [4.78, 5) is 0. The molecule has 3 N–H and O–H groups in total. The molecule has 0 aliphatic heterocycles. The molecule has 0 saturated heterocycles. The van der Waals surface area contributed by atoms with Crippen molar-refractivity contribution in [2.24, 2.45) is 5.73 Å². The van der Waals surface area contributed by atoms with Gasteiger partial charge < -0.3 is 10.8 Å². The van der Waals surface area contributed by atoms with Crippen LogP contribution in [0.2, 0.25) is 0 Å². The summed E-state index contributed by atoms with van der Waals surface area (Å²) in [5.74, 6) is 0.329. The molecule has 0 spiro atoms. The third-order valence-corrected chi connectivity index (χ3v) is 3.34. The van der Waals surface area contributed by atoms with Gasteiger partial charge in [0.25, 0.3) is 0 Å². The minimum atomic E-state index is -0.0665. The Labute approximate surface area is 105 Å². The molecule has 0 fully saturated rings. The quantitative estimate of drug-likeness (QED) is 0.747. The molecule has 1 rings (SSSR count). The zero-order valence-electron chi connectivity index (χ0n) is 7.22. The van der Waals surface area contributed by atoms with Crippen molar-refractivity contribution in [3.8, 4) is 5.75 Å². The Balaban J connectivity index is 3.20. The van der Waals surface area contributed by atoms with Gasteiger partial charge in [0.15, 0.2) is 0 Å². The van der Waals surface area contributed by atoms with E-state index < -0.39 is 0 Å². The molecule has 0 bridgehead atoms. The Morgan fingerprint density at radius 3 is 2.62 bits per heavy atom. The predicted molar refractivity (Wildman–Crippen MR) is 70.8 cm³/mol. The van der Waals surface area contributed by atoms with Gasteiger partial charge in [0, 0.05) is 15.2 Å². The van der Waals surface area contributed by atoms with Crippen LogP contribution >= 0.6 is 45.2 Å². The van der Waals surface area contributed by atoms with Gasteiger partial charge in [0.2, 0.25) is 0 Å². The van der Waals surface area contributed by atoms with E-state index in [1.165, 1.54) is 0 Å². The van der Waals surface area contributed by atoms with Crippen LogP contribution in [0.4, 0.5) is 0 Å². The molecular formula is C9H11I2NO. The fourth-order valence-electron chi connectivity index (χ4n) is 1.09. The molecule has 0 heterocycles. The summed E-state index contributed by atoms with van der Waals surface area (Å²) in [7, 11) is 0. The first kappa shape index (κ1) is 11.5. The Bertz CT molecular complexity index is 315. The highest BCUT2D eigenvalue weighted by Crippen LogP contribution is 2.31. The second kappa shape index (κ2) is 4.79. The minimum absolute atomic E-state index is 0.0665.